The first kappa shape index (κ1) is 15.8. The van der Waals surface area contributed by atoms with Crippen LogP contribution in [0.5, 0.6) is 0 Å². The summed E-state index contributed by atoms with van der Waals surface area (Å²) in [4.78, 5) is 4.47. The Bertz CT molecular complexity index is 483. The zero-order valence-corrected chi connectivity index (χ0v) is 12.7. The molecule has 2 rings (SSSR count). The van der Waals surface area contributed by atoms with E-state index in [0.717, 1.165) is 18.4 Å². The molecule has 4 nitrogen and oxygen atoms in total. The monoisotopic (exact) mass is 293 g/mol. The summed E-state index contributed by atoms with van der Waals surface area (Å²) in [6.45, 7) is 3.21. The largest absolute Gasteiger partial charge is 0.383 e. The Balaban J connectivity index is 2.00. The van der Waals surface area contributed by atoms with Gasteiger partial charge in [-0.3, -0.25) is 4.99 Å². The fourth-order valence-electron chi connectivity index (χ4n) is 2.77. The van der Waals surface area contributed by atoms with E-state index in [1.807, 2.05) is 19.1 Å². The lowest BCUT2D eigenvalue weighted by Crippen LogP contribution is -2.43. The van der Waals surface area contributed by atoms with E-state index in [-0.39, 0.29) is 17.3 Å². The quantitative estimate of drug-likeness (QED) is 0.624. The lowest BCUT2D eigenvalue weighted by molar-refractivity contribution is 0.179. The minimum atomic E-state index is -0.203. The third-order valence-electron chi connectivity index (χ3n) is 4.13. The van der Waals surface area contributed by atoms with Gasteiger partial charge < -0.3 is 15.8 Å². The molecule has 0 heterocycles. The number of nitrogens with zero attached hydrogens (tertiary/aromatic N) is 1. The highest BCUT2D eigenvalue weighted by Crippen LogP contribution is 2.43. The first-order valence-corrected chi connectivity index (χ1v) is 7.37. The average Bonchev–Trinajstić information content (AvgIpc) is 2.39. The van der Waals surface area contributed by atoms with E-state index in [1.165, 1.54) is 18.6 Å². The van der Waals surface area contributed by atoms with Gasteiger partial charge in [-0.05, 0) is 37.5 Å². The lowest BCUT2D eigenvalue weighted by atomic mass is 9.64. The molecule has 5 heteroatoms. The summed E-state index contributed by atoms with van der Waals surface area (Å²) >= 11 is 0. The maximum absolute atomic E-state index is 13.1. The van der Waals surface area contributed by atoms with E-state index in [9.17, 15) is 4.39 Å². The summed E-state index contributed by atoms with van der Waals surface area (Å²) in [5.74, 6) is 0.235. The highest BCUT2D eigenvalue weighted by molar-refractivity contribution is 5.78. The van der Waals surface area contributed by atoms with Crippen molar-refractivity contribution >= 4 is 5.96 Å². The fourth-order valence-corrected chi connectivity index (χ4v) is 2.77. The topological polar surface area (TPSA) is 59.6 Å². The molecule has 1 aliphatic carbocycles. The van der Waals surface area contributed by atoms with Gasteiger partial charge in [0, 0.05) is 18.6 Å². The number of methoxy groups -OCH3 is 1. The Morgan fingerprint density at radius 2 is 2.10 bits per heavy atom. The molecular formula is C16H24FN3O. The number of guanidine groups is 1. The van der Waals surface area contributed by atoms with Gasteiger partial charge in [-0.15, -0.1) is 0 Å². The third-order valence-corrected chi connectivity index (χ3v) is 4.13. The van der Waals surface area contributed by atoms with Crippen molar-refractivity contribution in [2.75, 3.05) is 20.3 Å². The molecule has 0 spiro atoms. The van der Waals surface area contributed by atoms with Crippen LogP contribution in [0.15, 0.2) is 29.3 Å². The summed E-state index contributed by atoms with van der Waals surface area (Å²) in [5, 5.41) is 3.10. The van der Waals surface area contributed by atoms with Crippen molar-refractivity contribution in [1.29, 1.82) is 0 Å². The maximum atomic E-state index is 13.1. The van der Waals surface area contributed by atoms with Crippen LogP contribution in [-0.2, 0) is 10.2 Å². The second kappa shape index (κ2) is 6.89. The van der Waals surface area contributed by atoms with Crippen molar-refractivity contribution in [1.82, 2.24) is 5.32 Å². The van der Waals surface area contributed by atoms with Gasteiger partial charge in [-0.1, -0.05) is 18.6 Å². The average molecular weight is 293 g/mol. The molecule has 0 amide bonds. The third kappa shape index (κ3) is 3.94. The molecule has 1 aliphatic rings. The Hall–Kier alpha value is -1.62. The Morgan fingerprint density at radius 3 is 2.62 bits per heavy atom. The minimum Gasteiger partial charge on any atom is -0.383 e. The molecule has 21 heavy (non-hydrogen) atoms. The summed E-state index contributed by atoms with van der Waals surface area (Å²) < 4.78 is 18.1. The number of halogens is 1. The van der Waals surface area contributed by atoms with Gasteiger partial charge in [0.05, 0.1) is 13.2 Å². The smallest absolute Gasteiger partial charge is 0.188 e. The number of aliphatic imine (C=N–C) groups is 1. The standard InChI is InChI=1S/C16H24FN3O/c1-12(10-21-2)20-15(18)19-11-16(8-3-9-16)13-4-6-14(17)7-5-13/h4-7,12H,3,8-11H2,1-2H3,(H3,18,19,20). The maximum Gasteiger partial charge on any atom is 0.188 e. The van der Waals surface area contributed by atoms with Crippen LogP contribution in [0.25, 0.3) is 0 Å². The fraction of sp³-hybridized carbons (Fsp3) is 0.562. The molecule has 1 atom stereocenters. The van der Waals surface area contributed by atoms with E-state index in [1.54, 1.807) is 7.11 Å². The van der Waals surface area contributed by atoms with E-state index in [2.05, 4.69) is 10.3 Å². The highest BCUT2D eigenvalue weighted by Gasteiger charge is 2.38. The van der Waals surface area contributed by atoms with Gasteiger partial charge in [-0.25, -0.2) is 4.39 Å². The lowest BCUT2D eigenvalue weighted by Gasteiger charge is -2.41. The Morgan fingerprint density at radius 1 is 1.43 bits per heavy atom. The molecule has 0 bridgehead atoms. The van der Waals surface area contributed by atoms with Crippen LogP contribution in [0.3, 0.4) is 0 Å². The number of rotatable bonds is 6. The number of ether oxygens (including phenoxy) is 1. The Kier molecular flexibility index (Phi) is 5.17. The molecule has 0 aliphatic heterocycles. The van der Waals surface area contributed by atoms with Crippen molar-refractivity contribution in [3.8, 4) is 0 Å². The van der Waals surface area contributed by atoms with Gasteiger partial charge in [0.25, 0.3) is 0 Å². The zero-order chi connectivity index (χ0) is 15.3. The van der Waals surface area contributed by atoms with Gasteiger partial charge in [0.1, 0.15) is 5.82 Å². The molecule has 0 radical (unpaired) electrons. The van der Waals surface area contributed by atoms with Crippen LogP contribution < -0.4 is 11.1 Å². The Labute approximate surface area is 125 Å². The van der Waals surface area contributed by atoms with E-state index in [4.69, 9.17) is 10.5 Å². The first-order valence-electron chi connectivity index (χ1n) is 7.37. The predicted octanol–water partition coefficient (Wildman–Crippen LogP) is 2.19. The second-order valence-electron chi connectivity index (χ2n) is 5.84. The molecular weight excluding hydrogens is 269 g/mol. The summed E-state index contributed by atoms with van der Waals surface area (Å²) in [7, 11) is 1.66. The molecule has 1 fully saturated rings. The molecule has 1 aromatic rings. The number of hydrogen-bond acceptors (Lipinski definition) is 2. The number of nitrogens with two attached hydrogens (primary N) is 1. The van der Waals surface area contributed by atoms with Gasteiger partial charge >= 0.3 is 0 Å². The highest BCUT2D eigenvalue weighted by atomic mass is 19.1. The molecule has 0 saturated heterocycles. The first-order chi connectivity index (χ1) is 10.1. The van der Waals surface area contributed by atoms with Crippen LogP contribution in [0, 0.1) is 5.82 Å². The van der Waals surface area contributed by atoms with Crippen LogP contribution in [-0.4, -0.2) is 32.3 Å². The number of hydrogen-bond donors (Lipinski definition) is 2. The van der Waals surface area contributed by atoms with Crippen LogP contribution in [0.4, 0.5) is 4.39 Å². The predicted molar refractivity (Wildman–Crippen MR) is 82.9 cm³/mol. The van der Waals surface area contributed by atoms with Crippen molar-refractivity contribution < 1.29 is 9.13 Å². The van der Waals surface area contributed by atoms with Crippen molar-refractivity contribution in [3.63, 3.8) is 0 Å². The minimum absolute atomic E-state index is 0.0183. The normalized spacial score (nSPS) is 18.9. The summed E-state index contributed by atoms with van der Waals surface area (Å²) in [6.07, 6.45) is 3.33. The number of nitrogens with one attached hydrogen (secondary N) is 1. The second-order valence-corrected chi connectivity index (χ2v) is 5.84. The zero-order valence-electron chi connectivity index (χ0n) is 12.7. The van der Waals surface area contributed by atoms with Gasteiger partial charge in [0.2, 0.25) is 0 Å². The number of benzene rings is 1. The van der Waals surface area contributed by atoms with E-state index < -0.39 is 0 Å². The van der Waals surface area contributed by atoms with Crippen LogP contribution in [0.2, 0.25) is 0 Å². The van der Waals surface area contributed by atoms with E-state index in [0.29, 0.717) is 19.1 Å². The molecule has 0 aromatic heterocycles. The van der Waals surface area contributed by atoms with Crippen molar-refractivity contribution in [3.05, 3.63) is 35.6 Å². The SMILES string of the molecule is COCC(C)NC(N)=NCC1(c2ccc(F)cc2)CCC1. The van der Waals surface area contributed by atoms with Gasteiger partial charge in [-0.2, -0.15) is 0 Å². The summed E-state index contributed by atoms with van der Waals surface area (Å²) in [6, 6.07) is 6.88. The van der Waals surface area contributed by atoms with Crippen molar-refractivity contribution in [2.24, 2.45) is 10.7 Å². The van der Waals surface area contributed by atoms with Crippen LogP contribution in [0.1, 0.15) is 31.7 Å². The molecule has 1 aromatic carbocycles. The van der Waals surface area contributed by atoms with Crippen LogP contribution >= 0.6 is 0 Å². The molecule has 1 saturated carbocycles. The van der Waals surface area contributed by atoms with Gasteiger partial charge in [0.15, 0.2) is 5.96 Å². The van der Waals surface area contributed by atoms with E-state index >= 15 is 0 Å². The molecule has 3 N–H and O–H groups in total. The molecule has 1 unspecified atom stereocenters. The molecule has 116 valence electrons. The van der Waals surface area contributed by atoms with Crippen molar-refractivity contribution in [2.45, 2.75) is 37.6 Å². The summed E-state index contributed by atoms with van der Waals surface area (Å²) in [5.41, 5.74) is 7.08.